The molecule has 0 bridgehead atoms. The molecule has 3 rings (SSSR count). The van der Waals surface area contributed by atoms with Crippen LogP contribution in [-0.4, -0.2) is 9.55 Å². The van der Waals surface area contributed by atoms with Gasteiger partial charge in [0.25, 0.3) is 0 Å². The molecule has 0 aliphatic carbocycles. The molecule has 3 aromatic rings. The first-order chi connectivity index (χ1) is 9.06. The second-order valence-electron chi connectivity index (χ2n) is 4.02. The number of rotatable bonds is 1. The maximum atomic E-state index is 13.4. The van der Waals surface area contributed by atoms with Crippen molar-refractivity contribution in [3.63, 3.8) is 0 Å². The third-order valence-corrected chi connectivity index (χ3v) is 3.89. The zero-order valence-electron chi connectivity index (χ0n) is 9.45. The predicted octanol–water partition coefficient (Wildman–Crippen LogP) is 5.24. The number of hydrogen-bond acceptors (Lipinski definition) is 1. The average Bonchev–Trinajstić information content (AvgIpc) is 2.67. The maximum Gasteiger partial charge on any atom is 0.182 e. The molecule has 0 amide bonds. The number of aromatic amines is 1. The normalized spacial score (nSPS) is 11.1. The van der Waals surface area contributed by atoms with Gasteiger partial charge in [0.1, 0.15) is 5.82 Å². The minimum absolute atomic E-state index is 0.354. The Kier molecular flexibility index (Phi) is 3.20. The molecule has 0 unspecified atom stereocenters. The smallest absolute Gasteiger partial charge is 0.182 e. The lowest BCUT2D eigenvalue weighted by molar-refractivity contribution is 0.626. The number of benzene rings is 2. The molecular formula is C13H7BrClFN2S. The Morgan fingerprint density at radius 3 is 2.79 bits per heavy atom. The summed E-state index contributed by atoms with van der Waals surface area (Å²) in [6, 6.07) is 9.91. The first kappa shape index (κ1) is 12.8. The van der Waals surface area contributed by atoms with Crippen molar-refractivity contribution < 1.29 is 4.39 Å². The second-order valence-corrected chi connectivity index (χ2v) is 5.73. The molecule has 6 heteroatoms. The van der Waals surface area contributed by atoms with Crippen LogP contribution in [0, 0.1) is 10.6 Å². The molecule has 2 nitrogen and oxygen atoms in total. The van der Waals surface area contributed by atoms with Crippen molar-refractivity contribution in [1.29, 1.82) is 0 Å². The summed E-state index contributed by atoms with van der Waals surface area (Å²) in [6.45, 7) is 0. The molecule has 0 saturated heterocycles. The van der Waals surface area contributed by atoms with Crippen LogP contribution in [0.4, 0.5) is 4.39 Å². The standard InChI is InChI=1S/C13H7BrClFN2S/c14-7-1-4-11-10(5-7)17-13(19)18(11)12-6-8(16)2-3-9(12)15/h1-6H,(H,17,19). The molecular weight excluding hydrogens is 351 g/mol. The lowest BCUT2D eigenvalue weighted by Gasteiger charge is -2.07. The van der Waals surface area contributed by atoms with E-state index in [4.69, 9.17) is 23.8 Å². The molecule has 0 aliphatic rings. The number of imidazole rings is 1. The third-order valence-electron chi connectivity index (χ3n) is 2.79. The van der Waals surface area contributed by atoms with E-state index in [1.807, 2.05) is 18.2 Å². The van der Waals surface area contributed by atoms with Gasteiger partial charge in [0, 0.05) is 4.47 Å². The third kappa shape index (κ3) is 2.22. The van der Waals surface area contributed by atoms with Crippen LogP contribution in [-0.2, 0) is 0 Å². The summed E-state index contributed by atoms with van der Waals surface area (Å²) in [5, 5.41) is 0.446. The van der Waals surface area contributed by atoms with Gasteiger partial charge in [0.2, 0.25) is 0 Å². The van der Waals surface area contributed by atoms with Gasteiger partial charge in [0.15, 0.2) is 4.77 Å². The van der Waals surface area contributed by atoms with Gasteiger partial charge in [0.05, 0.1) is 21.7 Å². The molecule has 1 aromatic heterocycles. The monoisotopic (exact) mass is 356 g/mol. The van der Waals surface area contributed by atoms with E-state index in [2.05, 4.69) is 20.9 Å². The minimum Gasteiger partial charge on any atom is -0.330 e. The zero-order chi connectivity index (χ0) is 13.6. The van der Waals surface area contributed by atoms with Crippen molar-refractivity contribution in [2.75, 3.05) is 0 Å². The Bertz CT molecular complexity index is 840. The van der Waals surface area contributed by atoms with Gasteiger partial charge in [-0.05, 0) is 48.6 Å². The highest BCUT2D eigenvalue weighted by Crippen LogP contribution is 2.27. The highest BCUT2D eigenvalue weighted by Gasteiger charge is 2.10. The predicted molar refractivity (Wildman–Crippen MR) is 81.1 cm³/mol. The quantitative estimate of drug-likeness (QED) is 0.590. The molecule has 0 fully saturated rings. The van der Waals surface area contributed by atoms with Crippen molar-refractivity contribution in [2.24, 2.45) is 0 Å². The molecule has 1 N–H and O–H groups in total. The lowest BCUT2D eigenvalue weighted by atomic mass is 10.2. The molecule has 0 spiro atoms. The maximum absolute atomic E-state index is 13.4. The summed E-state index contributed by atoms with van der Waals surface area (Å²) in [5.41, 5.74) is 2.24. The topological polar surface area (TPSA) is 20.7 Å². The number of aromatic nitrogens is 2. The van der Waals surface area contributed by atoms with Crippen LogP contribution in [0.3, 0.4) is 0 Å². The zero-order valence-corrected chi connectivity index (χ0v) is 12.6. The number of H-pyrrole nitrogens is 1. The molecule has 0 radical (unpaired) electrons. The van der Waals surface area contributed by atoms with Gasteiger partial charge in [-0.1, -0.05) is 27.5 Å². The molecule has 0 aliphatic heterocycles. The van der Waals surface area contributed by atoms with Gasteiger partial charge >= 0.3 is 0 Å². The summed E-state index contributed by atoms with van der Waals surface area (Å²) in [6.07, 6.45) is 0. The van der Waals surface area contributed by atoms with Crippen molar-refractivity contribution in [2.45, 2.75) is 0 Å². The second kappa shape index (κ2) is 4.74. The van der Waals surface area contributed by atoms with Crippen LogP contribution in [0.5, 0.6) is 0 Å². The first-order valence-corrected chi connectivity index (χ1v) is 7.00. The van der Waals surface area contributed by atoms with Crippen molar-refractivity contribution >= 4 is 50.8 Å². The molecule has 0 saturated carbocycles. The van der Waals surface area contributed by atoms with Crippen LogP contribution in [0.2, 0.25) is 5.02 Å². The van der Waals surface area contributed by atoms with E-state index in [0.29, 0.717) is 15.5 Å². The van der Waals surface area contributed by atoms with Crippen molar-refractivity contribution in [1.82, 2.24) is 9.55 Å². The largest absolute Gasteiger partial charge is 0.330 e. The fourth-order valence-electron chi connectivity index (χ4n) is 1.98. The Morgan fingerprint density at radius 1 is 1.21 bits per heavy atom. The summed E-state index contributed by atoms with van der Waals surface area (Å²) in [7, 11) is 0. The van der Waals surface area contributed by atoms with E-state index in [1.165, 1.54) is 18.2 Å². The number of hydrogen-bond donors (Lipinski definition) is 1. The highest BCUT2D eigenvalue weighted by atomic mass is 79.9. The number of nitrogens with one attached hydrogen (secondary N) is 1. The van der Waals surface area contributed by atoms with Gasteiger partial charge in [-0.15, -0.1) is 0 Å². The molecule has 0 atom stereocenters. The van der Waals surface area contributed by atoms with Crippen LogP contribution in [0.25, 0.3) is 16.7 Å². The Balaban J connectivity index is 2.39. The van der Waals surface area contributed by atoms with Crippen molar-refractivity contribution in [3.8, 4) is 5.69 Å². The Labute approximate surface area is 127 Å². The average molecular weight is 358 g/mol. The van der Waals surface area contributed by atoms with Gasteiger partial charge in [-0.25, -0.2) is 4.39 Å². The van der Waals surface area contributed by atoms with Gasteiger partial charge in [-0.2, -0.15) is 0 Å². The first-order valence-electron chi connectivity index (χ1n) is 5.42. The lowest BCUT2D eigenvalue weighted by Crippen LogP contribution is -1.96. The SMILES string of the molecule is Fc1ccc(Cl)c(-n2c(=S)[nH]c3cc(Br)ccc32)c1. The molecule has 19 heavy (non-hydrogen) atoms. The minimum atomic E-state index is -0.354. The highest BCUT2D eigenvalue weighted by molar-refractivity contribution is 9.10. The summed E-state index contributed by atoms with van der Waals surface area (Å²) >= 11 is 14.8. The number of fused-ring (bicyclic) bond motifs is 1. The Morgan fingerprint density at radius 2 is 2.00 bits per heavy atom. The fraction of sp³-hybridized carbons (Fsp3) is 0. The number of halogens is 3. The van der Waals surface area contributed by atoms with E-state index in [1.54, 1.807) is 4.57 Å². The van der Waals surface area contributed by atoms with Crippen LogP contribution < -0.4 is 0 Å². The molecule has 1 heterocycles. The summed E-state index contributed by atoms with van der Waals surface area (Å²) in [4.78, 5) is 3.08. The van der Waals surface area contributed by atoms with Crippen LogP contribution in [0.15, 0.2) is 40.9 Å². The summed E-state index contributed by atoms with van der Waals surface area (Å²) < 4.78 is 16.5. The van der Waals surface area contributed by atoms with E-state index in [-0.39, 0.29) is 5.82 Å². The van der Waals surface area contributed by atoms with Crippen molar-refractivity contribution in [3.05, 3.63) is 56.5 Å². The number of nitrogens with zero attached hydrogens (tertiary/aromatic N) is 1. The summed E-state index contributed by atoms with van der Waals surface area (Å²) in [5.74, 6) is -0.354. The fourth-order valence-corrected chi connectivity index (χ4v) is 2.85. The van der Waals surface area contributed by atoms with Crippen LogP contribution in [0.1, 0.15) is 0 Å². The van der Waals surface area contributed by atoms with E-state index >= 15 is 0 Å². The van der Waals surface area contributed by atoms with E-state index < -0.39 is 0 Å². The molecule has 96 valence electrons. The van der Waals surface area contributed by atoms with E-state index in [0.717, 1.165) is 15.5 Å². The van der Waals surface area contributed by atoms with Crippen LogP contribution >= 0.6 is 39.7 Å². The van der Waals surface area contributed by atoms with Gasteiger partial charge < -0.3 is 4.98 Å². The molecule has 2 aromatic carbocycles. The Hall–Kier alpha value is -1.17. The van der Waals surface area contributed by atoms with E-state index in [9.17, 15) is 4.39 Å². The van der Waals surface area contributed by atoms with Gasteiger partial charge in [-0.3, -0.25) is 4.57 Å².